The molecule has 6 aromatic rings. The minimum atomic E-state index is -1.85. The number of hydrogen-bond acceptors (Lipinski definition) is 1. The molecule has 1 nitrogen and oxygen atoms in total. The molecule has 0 fully saturated rings. The fraction of sp³-hybridized carbons (Fsp3) is 0. The van der Waals surface area contributed by atoms with Crippen LogP contribution in [0.4, 0.5) is 0 Å². The second kappa shape index (κ2) is 8.82. The molecule has 0 saturated carbocycles. The number of fused-ring (bicyclic) bond motifs is 3. The third kappa shape index (κ3) is 3.65. The average Bonchev–Trinajstić information content (AvgIpc) is 2.93. The summed E-state index contributed by atoms with van der Waals surface area (Å²) in [4.78, 5) is 5.08. The van der Waals surface area contributed by atoms with Crippen molar-refractivity contribution in [3.63, 3.8) is 0 Å². The minimum absolute atomic E-state index is 0.999. The topological polar surface area (TPSA) is 12.9 Å². The van der Waals surface area contributed by atoms with E-state index >= 15 is 0 Å². The Bertz CT molecular complexity index is 1620. The molecule has 1 heterocycles. The third-order valence-electron chi connectivity index (χ3n) is 6.35. The monoisotopic (exact) mass is 519 g/mol. The van der Waals surface area contributed by atoms with Crippen LogP contribution in [-0.2, 0) is 0 Å². The van der Waals surface area contributed by atoms with Crippen LogP contribution in [0.25, 0.3) is 32.9 Å². The van der Waals surface area contributed by atoms with Gasteiger partial charge in [0.05, 0.1) is 0 Å². The van der Waals surface area contributed by atoms with Gasteiger partial charge in [0.1, 0.15) is 0 Å². The van der Waals surface area contributed by atoms with Crippen LogP contribution in [0.2, 0.25) is 0 Å². The van der Waals surface area contributed by atoms with Crippen molar-refractivity contribution in [1.29, 1.82) is 0 Å². The van der Waals surface area contributed by atoms with E-state index in [1.807, 2.05) is 0 Å². The summed E-state index contributed by atoms with van der Waals surface area (Å²) < 4.78 is 0. The summed E-state index contributed by atoms with van der Waals surface area (Å²) in [6.07, 6.45) is 0. The molecular formula is C31H22NPSe. The van der Waals surface area contributed by atoms with E-state index < -0.39 is 5.51 Å². The van der Waals surface area contributed by atoms with Crippen LogP contribution in [-0.4, -0.2) is 20.1 Å². The molecule has 0 aliphatic carbocycles. The molecule has 0 atom stereocenters. The van der Waals surface area contributed by atoms with E-state index in [-0.39, 0.29) is 0 Å². The quantitative estimate of drug-likeness (QED) is 0.149. The van der Waals surface area contributed by atoms with Crippen LogP contribution in [0.5, 0.6) is 0 Å². The van der Waals surface area contributed by atoms with E-state index in [1.165, 1.54) is 32.1 Å². The first kappa shape index (κ1) is 21.3. The summed E-state index contributed by atoms with van der Waals surface area (Å²) in [6, 6.07) is 47.7. The van der Waals surface area contributed by atoms with Gasteiger partial charge in [-0.15, -0.1) is 0 Å². The average molecular weight is 518 g/mol. The Hall–Kier alpha value is -3.28. The van der Waals surface area contributed by atoms with Gasteiger partial charge in [0.15, 0.2) is 0 Å². The Morgan fingerprint density at radius 1 is 0.471 bits per heavy atom. The standard InChI is InChI=1S/C31H22NPSe/c34-33(26-10-3-1-4-11-26,27-12-5-2-6-13-27)28-20-17-24(18-21-28)30-22-19-25-16-15-23-9-7-8-14-29(23)31(25)32-30/h1-22H. The Balaban J connectivity index is 1.47. The van der Waals surface area contributed by atoms with Crippen molar-refractivity contribution >= 4 is 58.2 Å². The van der Waals surface area contributed by atoms with E-state index in [0.717, 1.165) is 16.8 Å². The van der Waals surface area contributed by atoms with E-state index in [2.05, 4.69) is 149 Å². The number of hydrogen-bond donors (Lipinski definition) is 0. The predicted molar refractivity (Wildman–Crippen MR) is 149 cm³/mol. The Morgan fingerprint density at radius 2 is 1.00 bits per heavy atom. The molecule has 3 heteroatoms. The maximum atomic E-state index is 5.08. The predicted octanol–water partition coefficient (Wildman–Crippen LogP) is 6.43. The van der Waals surface area contributed by atoms with E-state index in [0.29, 0.717) is 0 Å². The zero-order valence-corrected chi connectivity index (χ0v) is 21.1. The van der Waals surface area contributed by atoms with Crippen molar-refractivity contribution in [1.82, 2.24) is 4.98 Å². The van der Waals surface area contributed by atoms with Crippen molar-refractivity contribution in [2.75, 3.05) is 0 Å². The molecule has 0 N–H and O–H groups in total. The molecule has 0 amide bonds. The molecule has 5 aromatic carbocycles. The molecule has 0 spiro atoms. The van der Waals surface area contributed by atoms with Gasteiger partial charge in [0.2, 0.25) is 0 Å². The second-order valence-corrected chi connectivity index (χ2v) is 14.6. The first-order chi connectivity index (χ1) is 16.7. The third-order valence-corrected chi connectivity index (χ3v) is 13.4. The van der Waals surface area contributed by atoms with Crippen LogP contribution in [0, 0.1) is 0 Å². The van der Waals surface area contributed by atoms with Gasteiger partial charge in [0.25, 0.3) is 0 Å². The Labute approximate surface area is 207 Å². The molecule has 6 rings (SSSR count). The summed E-state index contributed by atoms with van der Waals surface area (Å²) in [7, 11) is 0. The van der Waals surface area contributed by atoms with Crippen molar-refractivity contribution in [2.24, 2.45) is 0 Å². The van der Waals surface area contributed by atoms with Gasteiger partial charge in [-0.3, -0.25) is 0 Å². The van der Waals surface area contributed by atoms with Gasteiger partial charge >= 0.3 is 208 Å². The normalized spacial score (nSPS) is 11.6. The summed E-state index contributed by atoms with van der Waals surface area (Å²) in [5.74, 6) is 0. The molecule has 0 aliphatic heterocycles. The summed E-state index contributed by atoms with van der Waals surface area (Å²) in [6.45, 7) is 0. The van der Waals surface area contributed by atoms with Crippen LogP contribution in [0.1, 0.15) is 0 Å². The van der Waals surface area contributed by atoms with Crippen LogP contribution in [0.15, 0.2) is 133 Å². The fourth-order valence-electron chi connectivity index (χ4n) is 4.58. The number of benzene rings is 5. The van der Waals surface area contributed by atoms with Gasteiger partial charge in [-0.2, -0.15) is 0 Å². The Kier molecular flexibility index (Phi) is 5.52. The van der Waals surface area contributed by atoms with E-state index in [1.54, 1.807) is 0 Å². The van der Waals surface area contributed by atoms with Crippen LogP contribution >= 0.6 is 5.51 Å². The van der Waals surface area contributed by atoms with Crippen molar-refractivity contribution in [3.05, 3.63) is 133 Å². The molecule has 0 saturated heterocycles. The molecule has 162 valence electrons. The molecule has 1 aromatic heterocycles. The van der Waals surface area contributed by atoms with Crippen molar-refractivity contribution < 1.29 is 0 Å². The molecule has 0 aliphatic rings. The van der Waals surface area contributed by atoms with E-state index in [4.69, 9.17) is 4.98 Å². The molecular weight excluding hydrogens is 496 g/mol. The van der Waals surface area contributed by atoms with Crippen molar-refractivity contribution in [2.45, 2.75) is 0 Å². The number of rotatable bonds is 4. The number of aromatic nitrogens is 1. The van der Waals surface area contributed by atoms with Crippen molar-refractivity contribution in [3.8, 4) is 11.3 Å². The summed E-state index contributed by atoms with van der Waals surface area (Å²) in [5, 5.41) is 7.57. The summed E-state index contributed by atoms with van der Waals surface area (Å²) >= 11 is 3.64. The van der Waals surface area contributed by atoms with Gasteiger partial charge in [0, 0.05) is 0 Å². The first-order valence-electron chi connectivity index (χ1n) is 11.3. The Morgan fingerprint density at radius 3 is 1.68 bits per heavy atom. The zero-order chi connectivity index (χ0) is 23.0. The first-order valence-corrected chi connectivity index (χ1v) is 15.3. The number of pyridine rings is 1. The van der Waals surface area contributed by atoms with Crippen LogP contribution in [0.3, 0.4) is 0 Å². The number of nitrogens with zero attached hydrogens (tertiary/aromatic N) is 1. The fourth-order valence-corrected chi connectivity index (χ4v) is 9.53. The van der Waals surface area contributed by atoms with Gasteiger partial charge < -0.3 is 0 Å². The molecule has 0 radical (unpaired) electrons. The van der Waals surface area contributed by atoms with Gasteiger partial charge in [-0.1, -0.05) is 0 Å². The molecule has 0 bridgehead atoms. The summed E-state index contributed by atoms with van der Waals surface area (Å²) in [5.41, 5.74) is 1.33. The molecule has 34 heavy (non-hydrogen) atoms. The SMILES string of the molecule is [Se]=P(c1ccccc1)(c1ccccc1)c1ccc(-c2ccc3ccc4ccccc4c3n2)cc1. The maximum absolute atomic E-state index is 5.08. The van der Waals surface area contributed by atoms with Crippen LogP contribution < -0.4 is 15.9 Å². The van der Waals surface area contributed by atoms with Gasteiger partial charge in [-0.25, -0.2) is 0 Å². The second-order valence-electron chi connectivity index (χ2n) is 8.38. The van der Waals surface area contributed by atoms with E-state index in [9.17, 15) is 0 Å². The van der Waals surface area contributed by atoms with Gasteiger partial charge in [-0.05, 0) is 0 Å². The molecule has 0 unspecified atom stereocenters. The zero-order valence-electron chi connectivity index (χ0n) is 18.5.